The standard InChI is InChI=1S/C23H29ClN4O4S/c1-16-5-6-18(13-20(16)24)25-22(29)17-7-11-28(12-8-17)33(31,32)19-14-21(26(2)15-19)23(30)27-9-3-4-10-27/h5-6,13-15,17H,3-4,7-12H2,1-2H3,(H,25,29). The number of carbonyl (C=O) groups is 2. The second kappa shape index (κ2) is 9.48. The molecule has 0 aliphatic carbocycles. The fourth-order valence-corrected chi connectivity index (χ4v) is 6.11. The van der Waals surface area contributed by atoms with E-state index in [1.54, 1.807) is 28.6 Å². The van der Waals surface area contributed by atoms with Crippen LogP contribution in [0.15, 0.2) is 35.4 Å². The molecular formula is C23H29ClN4O4S. The number of anilines is 1. The first-order valence-electron chi connectivity index (χ1n) is 11.2. The van der Waals surface area contributed by atoms with Gasteiger partial charge in [-0.25, -0.2) is 8.42 Å². The molecule has 2 saturated heterocycles. The average Bonchev–Trinajstić information content (AvgIpc) is 3.46. The first kappa shape index (κ1) is 23.8. The molecule has 1 aromatic heterocycles. The van der Waals surface area contributed by atoms with Gasteiger partial charge in [-0.05, 0) is 56.4 Å². The third-order valence-corrected chi connectivity index (χ3v) is 8.77. The summed E-state index contributed by atoms with van der Waals surface area (Å²) in [5, 5.41) is 3.46. The molecule has 33 heavy (non-hydrogen) atoms. The molecule has 0 spiro atoms. The van der Waals surface area contributed by atoms with Crippen LogP contribution in [0.3, 0.4) is 0 Å². The number of amides is 2. The van der Waals surface area contributed by atoms with Gasteiger partial charge >= 0.3 is 0 Å². The Balaban J connectivity index is 1.39. The van der Waals surface area contributed by atoms with Crippen molar-refractivity contribution in [3.63, 3.8) is 0 Å². The lowest BCUT2D eigenvalue weighted by Gasteiger charge is -2.30. The van der Waals surface area contributed by atoms with Crippen molar-refractivity contribution in [1.82, 2.24) is 13.8 Å². The smallest absolute Gasteiger partial charge is 0.270 e. The van der Waals surface area contributed by atoms with E-state index < -0.39 is 10.0 Å². The van der Waals surface area contributed by atoms with Gasteiger partial charge in [0.25, 0.3) is 5.91 Å². The number of nitrogens with zero attached hydrogens (tertiary/aromatic N) is 3. The van der Waals surface area contributed by atoms with E-state index >= 15 is 0 Å². The summed E-state index contributed by atoms with van der Waals surface area (Å²) in [6, 6.07) is 6.82. The number of aryl methyl sites for hydroxylation is 2. The van der Waals surface area contributed by atoms with Crippen LogP contribution in [0.5, 0.6) is 0 Å². The Bertz CT molecular complexity index is 1160. The van der Waals surface area contributed by atoms with Gasteiger partial charge in [0.15, 0.2) is 0 Å². The normalized spacial score (nSPS) is 18.0. The molecule has 2 aliphatic heterocycles. The predicted octanol–water partition coefficient (Wildman–Crippen LogP) is 3.26. The maximum atomic E-state index is 13.2. The lowest BCUT2D eigenvalue weighted by atomic mass is 9.97. The van der Waals surface area contributed by atoms with Gasteiger partial charge in [-0.15, -0.1) is 0 Å². The number of piperidine rings is 1. The van der Waals surface area contributed by atoms with Gasteiger partial charge in [0, 0.05) is 56.1 Å². The highest BCUT2D eigenvalue weighted by atomic mass is 35.5. The molecule has 2 aliphatic rings. The summed E-state index contributed by atoms with van der Waals surface area (Å²) in [5.41, 5.74) is 1.94. The van der Waals surface area contributed by atoms with E-state index in [4.69, 9.17) is 11.6 Å². The van der Waals surface area contributed by atoms with Crippen LogP contribution in [0, 0.1) is 12.8 Å². The molecule has 4 rings (SSSR count). The summed E-state index contributed by atoms with van der Waals surface area (Å²) < 4.78 is 29.4. The fraction of sp³-hybridized carbons (Fsp3) is 0.478. The van der Waals surface area contributed by atoms with E-state index in [0.717, 1.165) is 18.4 Å². The van der Waals surface area contributed by atoms with Crippen molar-refractivity contribution in [2.45, 2.75) is 37.5 Å². The minimum Gasteiger partial charge on any atom is -0.345 e. The fourth-order valence-electron chi connectivity index (χ4n) is 4.39. The summed E-state index contributed by atoms with van der Waals surface area (Å²) in [6.45, 7) is 3.80. The van der Waals surface area contributed by atoms with Crippen LogP contribution in [-0.2, 0) is 21.9 Å². The number of hydrogen-bond donors (Lipinski definition) is 1. The van der Waals surface area contributed by atoms with Crippen molar-refractivity contribution in [2.75, 3.05) is 31.5 Å². The van der Waals surface area contributed by atoms with Gasteiger partial charge in [0.1, 0.15) is 10.6 Å². The maximum absolute atomic E-state index is 13.2. The van der Waals surface area contributed by atoms with Crippen molar-refractivity contribution in [2.24, 2.45) is 13.0 Å². The number of rotatable bonds is 5. The van der Waals surface area contributed by atoms with Gasteiger partial charge in [-0.1, -0.05) is 17.7 Å². The van der Waals surface area contributed by atoms with Crippen molar-refractivity contribution in [1.29, 1.82) is 0 Å². The lowest BCUT2D eigenvalue weighted by molar-refractivity contribution is -0.120. The van der Waals surface area contributed by atoms with Crippen molar-refractivity contribution in [3.8, 4) is 0 Å². The molecule has 0 bridgehead atoms. The molecule has 0 unspecified atom stereocenters. The Labute approximate surface area is 199 Å². The summed E-state index contributed by atoms with van der Waals surface area (Å²) >= 11 is 6.13. The Morgan fingerprint density at radius 3 is 2.36 bits per heavy atom. The van der Waals surface area contributed by atoms with Crippen LogP contribution < -0.4 is 5.32 Å². The van der Waals surface area contributed by atoms with E-state index in [1.165, 1.54) is 16.6 Å². The zero-order chi connectivity index (χ0) is 23.8. The Kier molecular flexibility index (Phi) is 6.83. The number of hydrogen-bond acceptors (Lipinski definition) is 4. The quantitative estimate of drug-likeness (QED) is 0.693. The minimum atomic E-state index is -3.75. The van der Waals surface area contributed by atoms with Crippen LogP contribution in [0.2, 0.25) is 5.02 Å². The molecular weight excluding hydrogens is 464 g/mol. The van der Waals surface area contributed by atoms with E-state index in [0.29, 0.717) is 42.3 Å². The minimum absolute atomic E-state index is 0.116. The Morgan fingerprint density at radius 2 is 1.73 bits per heavy atom. The zero-order valence-electron chi connectivity index (χ0n) is 18.9. The largest absolute Gasteiger partial charge is 0.345 e. The molecule has 0 atom stereocenters. The number of benzene rings is 1. The van der Waals surface area contributed by atoms with E-state index in [9.17, 15) is 18.0 Å². The molecule has 1 N–H and O–H groups in total. The van der Waals surface area contributed by atoms with Crippen LogP contribution >= 0.6 is 11.6 Å². The highest BCUT2D eigenvalue weighted by Crippen LogP contribution is 2.27. The Morgan fingerprint density at radius 1 is 1.06 bits per heavy atom. The highest BCUT2D eigenvalue weighted by molar-refractivity contribution is 7.89. The van der Waals surface area contributed by atoms with Crippen molar-refractivity contribution >= 4 is 39.1 Å². The predicted molar refractivity (Wildman–Crippen MR) is 127 cm³/mol. The molecule has 1 aromatic carbocycles. The molecule has 10 heteroatoms. The third-order valence-electron chi connectivity index (χ3n) is 6.49. The van der Waals surface area contributed by atoms with Gasteiger partial charge < -0.3 is 14.8 Å². The maximum Gasteiger partial charge on any atom is 0.270 e. The molecule has 0 saturated carbocycles. The average molecular weight is 493 g/mol. The van der Waals surface area contributed by atoms with E-state index in [1.807, 2.05) is 13.0 Å². The first-order valence-corrected chi connectivity index (χ1v) is 13.0. The lowest BCUT2D eigenvalue weighted by Crippen LogP contribution is -2.41. The summed E-state index contributed by atoms with van der Waals surface area (Å²) in [4.78, 5) is 27.3. The summed E-state index contributed by atoms with van der Waals surface area (Å²) in [5.74, 6) is -0.548. The molecule has 8 nitrogen and oxygen atoms in total. The first-order chi connectivity index (χ1) is 15.7. The van der Waals surface area contributed by atoms with Crippen molar-refractivity contribution < 1.29 is 18.0 Å². The molecule has 178 valence electrons. The highest BCUT2D eigenvalue weighted by Gasteiger charge is 2.34. The van der Waals surface area contributed by atoms with Crippen LogP contribution in [-0.4, -0.2) is 60.2 Å². The SMILES string of the molecule is Cc1ccc(NC(=O)C2CCN(S(=O)(=O)c3cc(C(=O)N4CCCC4)n(C)c3)CC2)cc1Cl. The number of carbonyl (C=O) groups excluding carboxylic acids is 2. The van der Waals surface area contributed by atoms with Crippen LogP contribution in [0.25, 0.3) is 0 Å². The second-order valence-corrected chi connectivity index (χ2v) is 11.1. The van der Waals surface area contributed by atoms with Gasteiger partial charge in [0.2, 0.25) is 15.9 Å². The summed E-state index contributed by atoms with van der Waals surface area (Å²) in [6.07, 6.45) is 4.30. The topological polar surface area (TPSA) is 91.7 Å². The third kappa shape index (κ3) is 4.95. The van der Waals surface area contributed by atoms with Gasteiger partial charge in [-0.3, -0.25) is 9.59 Å². The Hall–Kier alpha value is -2.36. The van der Waals surface area contributed by atoms with Gasteiger partial charge in [0.05, 0.1) is 0 Å². The second-order valence-electron chi connectivity index (χ2n) is 8.80. The molecule has 2 amide bonds. The van der Waals surface area contributed by atoms with Crippen molar-refractivity contribution in [3.05, 3.63) is 46.7 Å². The van der Waals surface area contributed by atoms with E-state index in [2.05, 4.69) is 5.32 Å². The monoisotopic (exact) mass is 492 g/mol. The zero-order valence-corrected chi connectivity index (χ0v) is 20.5. The van der Waals surface area contributed by atoms with E-state index in [-0.39, 0.29) is 35.7 Å². The van der Waals surface area contributed by atoms with Gasteiger partial charge in [-0.2, -0.15) is 4.31 Å². The number of sulfonamides is 1. The number of nitrogens with one attached hydrogen (secondary N) is 1. The number of likely N-dealkylation sites (tertiary alicyclic amines) is 1. The van der Waals surface area contributed by atoms with Crippen LogP contribution in [0.1, 0.15) is 41.7 Å². The summed E-state index contributed by atoms with van der Waals surface area (Å²) in [7, 11) is -2.06. The number of halogens is 1. The van der Waals surface area contributed by atoms with Crippen LogP contribution in [0.4, 0.5) is 5.69 Å². The molecule has 3 heterocycles. The number of aromatic nitrogens is 1. The molecule has 2 fully saturated rings. The molecule has 2 aromatic rings. The molecule has 0 radical (unpaired) electrons.